The molecule has 1 aromatic rings. The Morgan fingerprint density at radius 1 is 1.71 bits per heavy atom. The number of hydrogen-bond donors (Lipinski definition) is 2. The zero-order valence-electron chi connectivity index (χ0n) is 8.42. The quantitative estimate of drug-likeness (QED) is 0.337. The summed E-state index contributed by atoms with van der Waals surface area (Å²) in [4.78, 5) is 1.32. The topological polar surface area (TPSA) is 38.0 Å². The normalized spacial score (nSPS) is 12.4. The molecule has 3 N–H and O–H groups in total. The molecule has 1 rings (SSSR count). The van der Waals surface area contributed by atoms with Gasteiger partial charge in [-0.25, -0.2) is 0 Å². The lowest BCUT2D eigenvalue weighted by Gasteiger charge is -2.14. The van der Waals surface area contributed by atoms with Crippen LogP contribution in [0.15, 0.2) is 11.4 Å². The number of unbranched alkanes of at least 4 members (excludes halogenated alkanes) is 1. The van der Waals surface area contributed by atoms with Gasteiger partial charge in [-0.1, -0.05) is 0 Å². The summed E-state index contributed by atoms with van der Waals surface area (Å²) in [5, 5.41) is 2.09. The molecule has 1 aromatic heterocycles. The van der Waals surface area contributed by atoms with Gasteiger partial charge in [0.1, 0.15) is 0 Å². The Labute approximate surface area is 89.5 Å². The summed E-state index contributed by atoms with van der Waals surface area (Å²) in [7, 11) is 0. The van der Waals surface area contributed by atoms with E-state index < -0.39 is 0 Å². The predicted molar refractivity (Wildman–Crippen MR) is 61.8 cm³/mol. The van der Waals surface area contributed by atoms with Crippen LogP contribution < -0.4 is 11.3 Å². The van der Waals surface area contributed by atoms with Crippen molar-refractivity contribution in [2.45, 2.75) is 32.2 Å². The van der Waals surface area contributed by atoms with E-state index in [4.69, 9.17) is 12.3 Å². The first-order valence-electron chi connectivity index (χ1n) is 4.73. The predicted octanol–water partition coefficient (Wildman–Crippen LogP) is 2.36. The highest BCUT2D eigenvalue weighted by molar-refractivity contribution is 7.10. The second-order valence-corrected chi connectivity index (χ2v) is 4.23. The molecule has 0 fully saturated rings. The van der Waals surface area contributed by atoms with Crippen LogP contribution in [0.3, 0.4) is 0 Å². The molecule has 0 amide bonds. The van der Waals surface area contributed by atoms with Crippen molar-refractivity contribution in [1.82, 2.24) is 5.43 Å². The lowest BCUT2D eigenvalue weighted by Crippen LogP contribution is -2.27. The van der Waals surface area contributed by atoms with Crippen LogP contribution in [0, 0.1) is 19.3 Å². The lowest BCUT2D eigenvalue weighted by molar-refractivity contribution is 0.508. The number of hydrogen-bond acceptors (Lipinski definition) is 3. The first kappa shape index (κ1) is 11.3. The highest BCUT2D eigenvalue weighted by Crippen LogP contribution is 2.26. The average Bonchev–Trinajstić information content (AvgIpc) is 2.60. The van der Waals surface area contributed by atoms with E-state index in [1.807, 2.05) is 0 Å². The molecule has 0 aliphatic carbocycles. The van der Waals surface area contributed by atoms with Gasteiger partial charge in [0.25, 0.3) is 0 Å². The van der Waals surface area contributed by atoms with Gasteiger partial charge in [-0.15, -0.1) is 23.7 Å². The first-order chi connectivity index (χ1) is 6.79. The van der Waals surface area contributed by atoms with Crippen molar-refractivity contribution in [3.05, 3.63) is 21.9 Å². The van der Waals surface area contributed by atoms with Gasteiger partial charge in [-0.05, 0) is 36.8 Å². The van der Waals surface area contributed by atoms with Gasteiger partial charge in [-0.3, -0.25) is 11.3 Å². The lowest BCUT2D eigenvalue weighted by atomic mass is 10.1. The maximum atomic E-state index is 5.52. The Morgan fingerprint density at radius 2 is 2.50 bits per heavy atom. The van der Waals surface area contributed by atoms with Crippen LogP contribution in [-0.2, 0) is 0 Å². The third kappa shape index (κ3) is 2.85. The van der Waals surface area contributed by atoms with Crippen molar-refractivity contribution in [2.24, 2.45) is 5.84 Å². The van der Waals surface area contributed by atoms with E-state index in [0.717, 1.165) is 19.3 Å². The number of rotatable bonds is 5. The van der Waals surface area contributed by atoms with E-state index in [9.17, 15) is 0 Å². The van der Waals surface area contributed by atoms with E-state index in [0.29, 0.717) is 0 Å². The summed E-state index contributed by atoms with van der Waals surface area (Å²) in [6.45, 7) is 2.11. The SMILES string of the molecule is C#CCCCC(NN)c1sccc1C. The minimum Gasteiger partial charge on any atom is -0.271 e. The van der Waals surface area contributed by atoms with Crippen LogP contribution in [0.25, 0.3) is 0 Å². The molecule has 0 saturated carbocycles. The Kier molecular flexibility index (Phi) is 4.68. The van der Waals surface area contributed by atoms with Crippen LogP contribution in [0.4, 0.5) is 0 Å². The zero-order chi connectivity index (χ0) is 10.4. The minimum absolute atomic E-state index is 0.253. The number of hydrazine groups is 1. The third-order valence-electron chi connectivity index (χ3n) is 2.23. The maximum absolute atomic E-state index is 5.52. The fraction of sp³-hybridized carbons (Fsp3) is 0.455. The number of nitrogens with one attached hydrogen (secondary N) is 1. The van der Waals surface area contributed by atoms with Gasteiger partial charge in [0, 0.05) is 11.3 Å². The fourth-order valence-electron chi connectivity index (χ4n) is 1.44. The van der Waals surface area contributed by atoms with Gasteiger partial charge < -0.3 is 0 Å². The Hall–Kier alpha value is -0.820. The van der Waals surface area contributed by atoms with E-state index in [-0.39, 0.29) is 6.04 Å². The summed E-state index contributed by atoms with van der Waals surface area (Å²) < 4.78 is 0. The monoisotopic (exact) mass is 208 g/mol. The van der Waals surface area contributed by atoms with Crippen molar-refractivity contribution >= 4 is 11.3 Å². The molecular weight excluding hydrogens is 192 g/mol. The molecule has 0 radical (unpaired) electrons. The highest BCUT2D eigenvalue weighted by atomic mass is 32.1. The maximum Gasteiger partial charge on any atom is 0.0556 e. The Bertz CT molecular complexity index is 311. The zero-order valence-corrected chi connectivity index (χ0v) is 9.23. The van der Waals surface area contributed by atoms with E-state index >= 15 is 0 Å². The van der Waals surface area contributed by atoms with Crippen molar-refractivity contribution in [3.8, 4) is 12.3 Å². The second kappa shape index (κ2) is 5.82. The van der Waals surface area contributed by atoms with E-state index in [1.54, 1.807) is 11.3 Å². The number of aryl methyl sites for hydroxylation is 1. The van der Waals surface area contributed by atoms with Crippen LogP contribution in [-0.4, -0.2) is 0 Å². The van der Waals surface area contributed by atoms with Crippen molar-refractivity contribution in [1.29, 1.82) is 0 Å². The van der Waals surface area contributed by atoms with Gasteiger partial charge in [0.15, 0.2) is 0 Å². The summed E-state index contributed by atoms with van der Waals surface area (Å²) in [6, 6.07) is 2.37. The number of thiophene rings is 1. The molecule has 0 spiro atoms. The molecule has 3 heteroatoms. The van der Waals surface area contributed by atoms with Gasteiger partial charge in [-0.2, -0.15) is 0 Å². The van der Waals surface area contributed by atoms with Crippen LogP contribution >= 0.6 is 11.3 Å². The summed E-state index contributed by atoms with van der Waals surface area (Å²) in [5.74, 6) is 8.16. The van der Waals surface area contributed by atoms with Gasteiger partial charge in [0.05, 0.1) is 6.04 Å². The molecule has 0 saturated heterocycles. The molecule has 76 valence electrons. The average molecular weight is 208 g/mol. The van der Waals surface area contributed by atoms with E-state index in [1.165, 1.54) is 10.4 Å². The fourth-order valence-corrected chi connectivity index (χ4v) is 2.46. The van der Waals surface area contributed by atoms with Crippen LogP contribution in [0.5, 0.6) is 0 Å². The molecule has 1 atom stereocenters. The third-order valence-corrected chi connectivity index (χ3v) is 3.37. The van der Waals surface area contributed by atoms with Crippen LogP contribution in [0.1, 0.15) is 35.7 Å². The van der Waals surface area contributed by atoms with Crippen molar-refractivity contribution < 1.29 is 0 Å². The molecule has 0 aromatic carbocycles. The molecule has 0 aliphatic heterocycles. The van der Waals surface area contributed by atoms with Crippen molar-refractivity contribution in [3.63, 3.8) is 0 Å². The summed E-state index contributed by atoms with van der Waals surface area (Å²) in [6.07, 6.45) is 8.05. The summed E-state index contributed by atoms with van der Waals surface area (Å²) in [5.41, 5.74) is 4.15. The van der Waals surface area contributed by atoms with E-state index in [2.05, 4.69) is 29.7 Å². The first-order valence-corrected chi connectivity index (χ1v) is 5.61. The number of terminal acetylenes is 1. The van der Waals surface area contributed by atoms with Crippen molar-refractivity contribution in [2.75, 3.05) is 0 Å². The molecule has 1 unspecified atom stereocenters. The Balaban J connectivity index is 2.55. The van der Waals surface area contributed by atoms with Crippen LogP contribution in [0.2, 0.25) is 0 Å². The molecule has 0 bridgehead atoms. The standard InChI is InChI=1S/C11H16N2S/c1-3-4-5-6-10(13-12)11-9(2)7-8-14-11/h1,7-8,10,13H,4-6,12H2,2H3. The highest BCUT2D eigenvalue weighted by Gasteiger charge is 2.12. The molecule has 2 nitrogen and oxygen atoms in total. The number of nitrogens with two attached hydrogens (primary N) is 1. The minimum atomic E-state index is 0.253. The largest absolute Gasteiger partial charge is 0.271 e. The summed E-state index contributed by atoms with van der Waals surface area (Å²) >= 11 is 1.75. The molecule has 1 heterocycles. The van der Waals surface area contributed by atoms with Gasteiger partial charge in [0.2, 0.25) is 0 Å². The van der Waals surface area contributed by atoms with Gasteiger partial charge >= 0.3 is 0 Å². The Morgan fingerprint density at radius 3 is 3.00 bits per heavy atom. The smallest absolute Gasteiger partial charge is 0.0556 e. The molecule has 14 heavy (non-hydrogen) atoms. The molecular formula is C11H16N2S. The molecule has 0 aliphatic rings. The second-order valence-electron chi connectivity index (χ2n) is 3.28.